The Kier molecular flexibility index (Phi) is 19.7. The second kappa shape index (κ2) is 28.0. The van der Waals surface area contributed by atoms with Crippen molar-refractivity contribution < 1.29 is 46.1 Å². The number of hydrogen-bond acceptors (Lipinski definition) is 13. The topological polar surface area (TPSA) is 111 Å². The van der Waals surface area contributed by atoms with E-state index in [1.165, 1.54) is 4.60 Å². The Hall–Kier alpha value is -8.89. The molecular weight excluding hydrogens is 1360 g/mol. The highest BCUT2D eigenvalue weighted by atomic mass is 32.7. The van der Waals surface area contributed by atoms with Crippen LogP contribution < -0.4 is 36.5 Å². The predicted octanol–water partition coefficient (Wildman–Crippen LogP) is 22.8. The van der Waals surface area contributed by atoms with Crippen molar-refractivity contribution in [3.63, 3.8) is 0 Å². The molecule has 0 unspecified atom stereocenters. The molecule has 30 heterocycles. The van der Waals surface area contributed by atoms with E-state index >= 15 is 0 Å². The molecule has 0 aromatic heterocycles. The minimum absolute atomic E-state index is 0.289. The van der Waals surface area contributed by atoms with E-state index in [0.29, 0.717) is 45.6 Å². The van der Waals surface area contributed by atoms with E-state index in [1.54, 1.807) is 48.5 Å². The van der Waals surface area contributed by atoms with Crippen LogP contribution in [0.3, 0.4) is 0 Å². The summed E-state index contributed by atoms with van der Waals surface area (Å²) < 4.78 is 50.3. The zero-order valence-corrected chi connectivity index (χ0v) is 63.7. The van der Waals surface area contributed by atoms with Gasteiger partial charge in [-0.2, -0.15) is 0 Å². The number of rotatable bonds is 7. The summed E-state index contributed by atoms with van der Waals surface area (Å²) in [5.74, 6) is 3.41. The lowest BCUT2D eigenvalue weighted by molar-refractivity contribution is 0.0944. The van der Waals surface area contributed by atoms with Gasteiger partial charge >= 0.3 is 22.7 Å². The van der Waals surface area contributed by atoms with Crippen LogP contribution in [0.15, 0.2) is 267 Å². The number of nitrogens with zero attached hydrogens (tertiary/aromatic N) is 1. The molecule has 11 nitrogen and oxygen atoms in total. The third-order valence-electron chi connectivity index (χ3n) is 20.5. The summed E-state index contributed by atoms with van der Waals surface area (Å²) in [6.07, 6.45) is 1.52. The molecule has 11 aromatic rings. The average molecular weight is 1450 g/mol. The first kappa shape index (κ1) is 71.5. The Morgan fingerprint density at radius 3 is 0.725 bits per heavy atom. The fraction of sp³-hybridized carbons (Fsp3) is 0.209. The van der Waals surface area contributed by atoms with Crippen molar-refractivity contribution in [2.75, 3.05) is 0 Å². The molecule has 30 aliphatic heterocycles. The van der Waals surface area contributed by atoms with E-state index in [-0.39, 0.29) is 11.5 Å². The van der Waals surface area contributed by atoms with Crippen LogP contribution in [0, 0.1) is 0 Å². The van der Waals surface area contributed by atoms with E-state index in [1.807, 2.05) is 84.9 Å². The van der Waals surface area contributed by atoms with Crippen molar-refractivity contribution in [3.8, 4) is 46.0 Å². The molecule has 20 bridgehead atoms. The molecule has 0 amide bonds. The zero-order valence-electron chi connectivity index (χ0n) is 59.3. The Bertz CT molecular complexity index is 4550. The Morgan fingerprint density at radius 2 is 0.510 bits per heavy atom. The van der Waals surface area contributed by atoms with Crippen LogP contribution in [0.25, 0.3) is 0 Å². The molecule has 30 aliphatic rings. The van der Waals surface area contributed by atoms with Gasteiger partial charge < -0.3 is 38.4 Å². The van der Waals surface area contributed by atoms with Crippen molar-refractivity contribution >= 4 is 59.8 Å². The summed E-state index contributed by atoms with van der Waals surface area (Å²) in [5, 5.41) is 0. The number of aldehydes is 2. The van der Waals surface area contributed by atoms with Gasteiger partial charge in [0.05, 0.1) is 0 Å². The first-order chi connectivity index (χ1) is 48.5. The lowest BCUT2D eigenvalue weighted by Crippen LogP contribution is -2.31. The summed E-state index contributed by atoms with van der Waals surface area (Å²) in [6, 6.07) is 87.6. The Morgan fingerprint density at radius 1 is 0.314 bits per heavy atom. The van der Waals surface area contributed by atoms with E-state index < -0.39 is 55.2 Å². The zero-order chi connectivity index (χ0) is 72.0. The Labute approximate surface area is 612 Å². The maximum atomic E-state index is 12.1. The van der Waals surface area contributed by atoms with Crippen LogP contribution in [0.5, 0.6) is 46.0 Å². The van der Waals surface area contributed by atoms with Crippen molar-refractivity contribution in [1.82, 2.24) is 4.60 Å². The second-order valence-electron chi connectivity index (χ2n) is 29.2. The molecular formula is C86H83NO10P3S2+. The lowest BCUT2D eigenvalue weighted by Gasteiger charge is -2.33. The van der Waals surface area contributed by atoms with Crippen molar-refractivity contribution in [1.29, 1.82) is 0 Å². The van der Waals surface area contributed by atoms with Crippen LogP contribution in [-0.2, 0) is 57.0 Å². The maximum Gasteiger partial charge on any atom is 0.503 e. The van der Waals surface area contributed by atoms with Crippen LogP contribution in [0.4, 0.5) is 0 Å². The minimum Gasteiger partial charge on any atom is -0.445 e. The SMILES string of the molecule is CC1(C)c2ccc(cc2)ON([P+]([S-])(Oc2ccc(C=O)cc2)Oc2ccc(C=O)cc2)[PH+]2Oc3ccc(cc3)C(C)(C)c3ccc(cc3)C(C)(C)c3ccc(cc3)O[P+]([S-])(Oc3ccc(cc3)C(C)(C)c3ccc1cc3)Oc1ccc(cc1)C(C)(C)c1ccc(cc1)C(C)(C)c1ccc(cc1)O2. The minimum atomic E-state index is -4.14. The van der Waals surface area contributed by atoms with E-state index in [4.69, 9.17) is 61.0 Å². The van der Waals surface area contributed by atoms with E-state index in [2.05, 4.69) is 217 Å². The van der Waals surface area contributed by atoms with Crippen LogP contribution in [-0.4, -0.2) is 17.2 Å². The van der Waals surface area contributed by atoms with Gasteiger partial charge in [-0.15, -0.1) is 0 Å². The molecule has 0 aliphatic carbocycles. The molecule has 0 saturated carbocycles. The maximum absolute atomic E-state index is 12.1. The molecule has 16 heteroatoms. The standard InChI is InChI=1S/C86H82NO10P3S2/c1-81(2)61-17-23-64(24-18-61)84(7,8)70-35-51-78(52-36-70)95-100(102)96-79-53-37-71(38-54-79)85(9,10)65-25-19-62(20-26-65)82(3,4)68-31-47-74(48-32-68)91-98(92-75-49-33-69(34-50-75)83(5,6)63-21-27-66(28-22-63)86(11,12)72-39-55-80(97-100)56-40-72)87(90-73-45-29-67(81)30-46-73)99(101,93-76-41-13-59(57-88)14-42-76)94-77-43-15-60(58-89)16-44-77/h13-58H,1-12H3/p+1. The van der Waals surface area contributed by atoms with Gasteiger partial charge in [-0.3, -0.25) is 32.2 Å². The third-order valence-corrected chi connectivity index (χ3v) is 27.8. The normalized spacial score (nSPS) is 18.6. The highest BCUT2D eigenvalue weighted by Gasteiger charge is 2.58. The van der Waals surface area contributed by atoms with Crippen LogP contribution >= 0.6 is 22.7 Å². The van der Waals surface area contributed by atoms with E-state index in [0.717, 1.165) is 79.3 Å². The fourth-order valence-electron chi connectivity index (χ4n) is 13.1. The van der Waals surface area contributed by atoms with E-state index in [9.17, 15) is 9.59 Å². The molecule has 41 rings (SSSR count). The number of carbonyl (C=O) groups excluding carboxylic acids is 2. The highest BCUT2D eigenvalue weighted by Crippen LogP contribution is 2.70. The predicted molar refractivity (Wildman–Crippen MR) is 418 cm³/mol. The molecule has 0 atom stereocenters. The molecule has 518 valence electrons. The number of benzene rings is 11. The summed E-state index contributed by atoms with van der Waals surface area (Å²) in [6.45, 7) is 26.5. The van der Waals surface area contributed by atoms with Gasteiger partial charge in [0, 0.05) is 43.6 Å². The largest absolute Gasteiger partial charge is 0.503 e. The van der Waals surface area contributed by atoms with Crippen molar-refractivity contribution in [2.24, 2.45) is 0 Å². The monoisotopic (exact) mass is 1450 g/mol. The molecule has 0 saturated heterocycles. The summed E-state index contributed by atoms with van der Waals surface area (Å²) in [5.41, 5.74) is 11.1. The lowest BCUT2D eigenvalue weighted by atomic mass is 9.74. The Balaban J connectivity index is 0.997. The van der Waals surface area contributed by atoms with Gasteiger partial charge in [-0.05, 0) is 188 Å². The second-order valence-corrected chi connectivity index (χ2v) is 36.8. The van der Waals surface area contributed by atoms with Crippen LogP contribution in [0.1, 0.15) is 171 Å². The smallest absolute Gasteiger partial charge is 0.445 e. The summed E-state index contributed by atoms with van der Waals surface area (Å²) in [4.78, 5) is 31.3. The molecule has 11 aromatic carbocycles. The van der Waals surface area contributed by atoms with Crippen molar-refractivity contribution in [2.45, 2.75) is 116 Å². The van der Waals surface area contributed by atoms with Gasteiger partial charge in [0.2, 0.25) is 4.60 Å². The quantitative estimate of drug-likeness (QED) is 0.0858. The summed E-state index contributed by atoms with van der Waals surface area (Å²) in [7, 11) is -10.9. The van der Waals surface area contributed by atoms with Crippen LogP contribution in [0.2, 0.25) is 0 Å². The highest BCUT2D eigenvalue weighted by molar-refractivity contribution is 8.38. The van der Waals surface area contributed by atoms with Gasteiger partial charge in [0.1, 0.15) is 12.6 Å². The number of hydrogen-bond donors (Lipinski definition) is 0. The van der Waals surface area contributed by atoms with Gasteiger partial charge in [-0.25, -0.2) is 0 Å². The first-order valence-electron chi connectivity index (χ1n) is 34.0. The van der Waals surface area contributed by atoms with Crippen molar-refractivity contribution in [3.05, 3.63) is 345 Å². The summed E-state index contributed by atoms with van der Waals surface area (Å²) >= 11 is 13.2. The fourth-order valence-corrected chi connectivity index (χ4v) is 19.9. The molecule has 0 fully saturated rings. The molecule has 0 radical (unpaired) electrons. The first-order valence-corrected chi connectivity index (χ1v) is 40.4. The molecule has 0 spiro atoms. The molecule has 102 heavy (non-hydrogen) atoms. The third kappa shape index (κ3) is 14.7. The van der Waals surface area contributed by atoms with Gasteiger partial charge in [-0.1, -0.05) is 229 Å². The number of carbonyl (C=O) groups is 2. The van der Waals surface area contributed by atoms with Gasteiger partial charge in [0.15, 0.2) is 46.0 Å². The van der Waals surface area contributed by atoms with Gasteiger partial charge in [0.25, 0.3) is 0 Å². The molecule has 0 N–H and O–H groups in total. The average Bonchev–Trinajstić information content (AvgIpc) is 0.790.